The third-order valence-electron chi connectivity index (χ3n) is 4.36. The van der Waals surface area contributed by atoms with Crippen molar-refractivity contribution < 1.29 is 9.47 Å². The van der Waals surface area contributed by atoms with Crippen LogP contribution >= 0.6 is 11.6 Å². The van der Waals surface area contributed by atoms with Gasteiger partial charge in [0.2, 0.25) is 5.28 Å². The second-order valence-corrected chi connectivity index (χ2v) is 6.37. The van der Waals surface area contributed by atoms with E-state index in [2.05, 4.69) is 35.6 Å². The van der Waals surface area contributed by atoms with E-state index in [1.54, 1.807) is 0 Å². The van der Waals surface area contributed by atoms with Gasteiger partial charge in [-0.1, -0.05) is 13.3 Å². The molecule has 2 aliphatic rings. The fraction of sp³-hybridized carbons (Fsp3) is 0.733. The standard InChI is InChI=1S/C15H22ClN3O2/c1-4-5-15(3)12-11(9-21-15)13(18-14(16)17-12)19-6-7-20-8-10(19)2/h10H,4-9H2,1-3H3. The molecule has 6 heteroatoms. The molecule has 1 aromatic heterocycles. The number of hydrogen-bond acceptors (Lipinski definition) is 5. The molecule has 0 aromatic carbocycles. The Balaban J connectivity index is 2.04. The van der Waals surface area contributed by atoms with Crippen LogP contribution in [0.1, 0.15) is 44.9 Å². The minimum Gasteiger partial charge on any atom is -0.377 e. The van der Waals surface area contributed by atoms with Crippen LogP contribution in [0.4, 0.5) is 5.82 Å². The summed E-state index contributed by atoms with van der Waals surface area (Å²) in [5, 5.41) is 0.301. The lowest BCUT2D eigenvalue weighted by Crippen LogP contribution is -2.44. The van der Waals surface area contributed by atoms with E-state index in [0.717, 1.165) is 36.5 Å². The highest BCUT2D eigenvalue weighted by Crippen LogP contribution is 2.42. The van der Waals surface area contributed by atoms with Crippen molar-refractivity contribution in [2.75, 3.05) is 24.7 Å². The highest BCUT2D eigenvalue weighted by molar-refractivity contribution is 6.28. The molecule has 0 bridgehead atoms. The van der Waals surface area contributed by atoms with Crippen molar-refractivity contribution in [2.24, 2.45) is 0 Å². The Morgan fingerprint density at radius 3 is 2.95 bits per heavy atom. The largest absolute Gasteiger partial charge is 0.377 e. The third-order valence-corrected chi connectivity index (χ3v) is 4.53. The van der Waals surface area contributed by atoms with Crippen molar-refractivity contribution in [2.45, 2.75) is 51.9 Å². The first-order valence-corrected chi connectivity index (χ1v) is 7.98. The monoisotopic (exact) mass is 311 g/mol. The molecule has 2 atom stereocenters. The van der Waals surface area contributed by atoms with E-state index < -0.39 is 0 Å². The van der Waals surface area contributed by atoms with E-state index >= 15 is 0 Å². The first-order valence-electron chi connectivity index (χ1n) is 7.60. The molecule has 116 valence electrons. The predicted molar refractivity (Wildman–Crippen MR) is 81.7 cm³/mol. The summed E-state index contributed by atoms with van der Waals surface area (Å²) in [6.45, 7) is 9.20. The van der Waals surface area contributed by atoms with E-state index in [9.17, 15) is 0 Å². The number of fused-ring (bicyclic) bond motifs is 1. The molecular formula is C15H22ClN3O2. The van der Waals surface area contributed by atoms with Crippen LogP contribution in [-0.4, -0.2) is 35.8 Å². The lowest BCUT2D eigenvalue weighted by atomic mass is 9.95. The number of hydrogen-bond donors (Lipinski definition) is 0. The summed E-state index contributed by atoms with van der Waals surface area (Å²) in [7, 11) is 0. The van der Waals surface area contributed by atoms with Crippen molar-refractivity contribution in [1.29, 1.82) is 0 Å². The summed E-state index contributed by atoms with van der Waals surface area (Å²) in [5.74, 6) is 0.917. The lowest BCUT2D eigenvalue weighted by Gasteiger charge is -2.35. The van der Waals surface area contributed by atoms with Crippen LogP contribution in [-0.2, 0) is 21.7 Å². The summed E-state index contributed by atoms with van der Waals surface area (Å²) in [5.41, 5.74) is 1.70. The minimum absolute atomic E-state index is 0.284. The van der Waals surface area contributed by atoms with Gasteiger partial charge in [-0.3, -0.25) is 0 Å². The molecule has 1 fully saturated rings. The molecule has 0 radical (unpaired) electrons. The molecule has 2 unspecified atom stereocenters. The fourth-order valence-electron chi connectivity index (χ4n) is 3.26. The SMILES string of the molecule is CCCC1(C)OCc2c(N3CCOCC3C)nc(Cl)nc21. The van der Waals surface area contributed by atoms with Gasteiger partial charge in [0.05, 0.1) is 31.6 Å². The van der Waals surface area contributed by atoms with E-state index in [1.165, 1.54) is 0 Å². The minimum atomic E-state index is -0.346. The maximum atomic E-state index is 6.19. The highest BCUT2D eigenvalue weighted by atomic mass is 35.5. The third kappa shape index (κ3) is 2.62. The first-order chi connectivity index (χ1) is 10.0. The normalized spacial score (nSPS) is 28.8. The van der Waals surface area contributed by atoms with Crippen molar-refractivity contribution in [3.8, 4) is 0 Å². The van der Waals surface area contributed by atoms with Gasteiger partial charge in [-0.25, -0.2) is 9.97 Å². The second-order valence-electron chi connectivity index (χ2n) is 6.03. The Kier molecular flexibility index (Phi) is 4.08. The summed E-state index contributed by atoms with van der Waals surface area (Å²) >= 11 is 6.19. The maximum absolute atomic E-state index is 6.19. The predicted octanol–water partition coefficient (Wildman–Crippen LogP) is 2.90. The summed E-state index contributed by atoms with van der Waals surface area (Å²) in [6, 6.07) is 0.284. The van der Waals surface area contributed by atoms with Crippen LogP contribution in [0.3, 0.4) is 0 Å². The Hall–Kier alpha value is -0.910. The van der Waals surface area contributed by atoms with Gasteiger partial charge in [0.15, 0.2) is 0 Å². The number of halogens is 1. The highest BCUT2D eigenvalue weighted by Gasteiger charge is 2.40. The zero-order valence-electron chi connectivity index (χ0n) is 12.9. The zero-order chi connectivity index (χ0) is 15.0. The number of aromatic nitrogens is 2. The van der Waals surface area contributed by atoms with Crippen LogP contribution in [0.2, 0.25) is 5.28 Å². The van der Waals surface area contributed by atoms with E-state index in [4.69, 9.17) is 21.1 Å². The molecule has 2 aliphatic heterocycles. The van der Waals surface area contributed by atoms with Crippen LogP contribution < -0.4 is 4.90 Å². The molecular weight excluding hydrogens is 290 g/mol. The average Bonchev–Trinajstić information content (AvgIpc) is 2.77. The van der Waals surface area contributed by atoms with Crippen LogP contribution in [0.25, 0.3) is 0 Å². The molecule has 0 N–H and O–H groups in total. The topological polar surface area (TPSA) is 47.5 Å². The molecule has 0 saturated carbocycles. The Morgan fingerprint density at radius 1 is 1.43 bits per heavy atom. The molecule has 0 aliphatic carbocycles. The van der Waals surface area contributed by atoms with Gasteiger partial charge >= 0.3 is 0 Å². The molecule has 3 rings (SSSR count). The first kappa shape index (κ1) is 15.0. The lowest BCUT2D eigenvalue weighted by molar-refractivity contribution is -0.0321. The van der Waals surface area contributed by atoms with Gasteiger partial charge in [-0.05, 0) is 31.9 Å². The van der Waals surface area contributed by atoms with Crippen LogP contribution in [0, 0.1) is 0 Å². The van der Waals surface area contributed by atoms with Crippen LogP contribution in [0.5, 0.6) is 0 Å². The average molecular weight is 312 g/mol. The summed E-state index contributed by atoms with van der Waals surface area (Å²) in [4.78, 5) is 11.2. The van der Waals surface area contributed by atoms with Crippen LogP contribution in [0.15, 0.2) is 0 Å². The van der Waals surface area contributed by atoms with Crippen molar-refractivity contribution in [1.82, 2.24) is 9.97 Å². The fourth-order valence-corrected chi connectivity index (χ4v) is 3.43. The number of rotatable bonds is 3. The number of morpholine rings is 1. The van der Waals surface area contributed by atoms with E-state index in [-0.39, 0.29) is 11.6 Å². The Morgan fingerprint density at radius 2 is 2.24 bits per heavy atom. The van der Waals surface area contributed by atoms with Gasteiger partial charge in [-0.15, -0.1) is 0 Å². The molecule has 21 heavy (non-hydrogen) atoms. The molecule has 5 nitrogen and oxygen atoms in total. The number of anilines is 1. The zero-order valence-corrected chi connectivity index (χ0v) is 13.6. The van der Waals surface area contributed by atoms with Gasteiger partial charge in [-0.2, -0.15) is 0 Å². The Labute approximate surface area is 130 Å². The van der Waals surface area contributed by atoms with Crippen molar-refractivity contribution >= 4 is 17.4 Å². The number of nitrogens with zero attached hydrogens (tertiary/aromatic N) is 3. The Bertz CT molecular complexity index is 540. The van der Waals surface area contributed by atoms with E-state index in [1.807, 2.05) is 0 Å². The van der Waals surface area contributed by atoms with Gasteiger partial charge in [0, 0.05) is 12.1 Å². The summed E-state index contributed by atoms with van der Waals surface area (Å²) in [6.07, 6.45) is 1.98. The van der Waals surface area contributed by atoms with E-state index in [0.29, 0.717) is 25.1 Å². The molecule has 1 saturated heterocycles. The summed E-state index contributed by atoms with van der Waals surface area (Å²) < 4.78 is 11.6. The molecule has 1 aromatic rings. The molecule has 3 heterocycles. The van der Waals surface area contributed by atoms with Crippen molar-refractivity contribution in [3.63, 3.8) is 0 Å². The van der Waals surface area contributed by atoms with Gasteiger partial charge < -0.3 is 14.4 Å². The van der Waals surface area contributed by atoms with Crippen molar-refractivity contribution in [3.05, 3.63) is 16.5 Å². The van der Waals surface area contributed by atoms with Gasteiger partial charge in [0.25, 0.3) is 0 Å². The quantitative estimate of drug-likeness (QED) is 0.803. The smallest absolute Gasteiger partial charge is 0.224 e. The maximum Gasteiger partial charge on any atom is 0.224 e. The van der Waals surface area contributed by atoms with Gasteiger partial charge in [0.1, 0.15) is 11.4 Å². The molecule has 0 amide bonds. The molecule has 0 spiro atoms. The second kappa shape index (κ2) is 5.71. The number of ether oxygens (including phenoxy) is 2.